The summed E-state index contributed by atoms with van der Waals surface area (Å²) >= 11 is 0. The van der Waals surface area contributed by atoms with Gasteiger partial charge in [0.05, 0.1) is 47.3 Å². The predicted octanol–water partition coefficient (Wildman–Crippen LogP) is 30.2. The summed E-state index contributed by atoms with van der Waals surface area (Å²) in [7, 11) is 0. The Morgan fingerprint density at radius 2 is 0.570 bits per heavy atom. The van der Waals surface area contributed by atoms with Crippen LogP contribution in [0.15, 0.2) is 0 Å². The van der Waals surface area contributed by atoms with E-state index in [1.165, 1.54) is 73.1 Å². The molecule has 0 bridgehead atoms. The van der Waals surface area contributed by atoms with Crippen LogP contribution in [0.1, 0.15) is 241 Å². The zero-order valence-corrected chi connectivity index (χ0v) is 65.3. The number of hydrogen-bond donors (Lipinski definition) is 0. The predicted molar refractivity (Wildman–Crippen MR) is 354 cm³/mol. The van der Waals surface area contributed by atoms with Crippen LogP contribution in [-0.2, 0) is 0 Å². The minimum Gasteiger partial charge on any atom is -0.247 e. The van der Waals surface area contributed by atoms with Crippen molar-refractivity contribution in [2.24, 2.45) is 154 Å². The maximum absolute atomic E-state index is 12.9. The number of rotatable bonds is 0. The Bertz CT molecular complexity index is 2380. The third-order valence-electron chi connectivity index (χ3n) is 25.6. The molecule has 9 saturated carbocycles. The molecule has 107 heavy (non-hydrogen) atoms. The molecule has 0 spiro atoms. The first-order chi connectivity index (χ1) is 47.7. The first kappa shape index (κ1) is 103. The zero-order valence-electron chi connectivity index (χ0n) is 65.3. The lowest BCUT2D eigenvalue weighted by molar-refractivity contribution is -0.276. The maximum Gasteiger partial charge on any atom is 0.392 e. The SMILES string of the molecule is CC1C(C(F)(F)F)C(C)[C@@H](C)C1C(F)(F)F.CC1C(F)C(F)[C@@H](C)C1F.CC1CC(C(F)(F)F)C[C@@H](C)C1.CC1CCC(C)C1C.CC1CCC(C)CC1.CC1CCCC(C(F)(F)F)[C@@H]1C.CC1C[C@H](C)CC(C(F)(F)F)C1C(F)(F)F.CC1C[C@H](C)CC1C(F)(F)F.C[C@H]1C(F)(F)C(C)(F)C(F)(F)C1(F)F. The Hall–Kier alpha value is -2.17. The normalized spacial score (nSPS) is 41.9. The van der Waals surface area contributed by atoms with Crippen LogP contribution in [0.5, 0.6) is 0 Å². The molecule has 27 atom stereocenters. The standard InChI is InChI=1S/2C10H14F6.2C9H15F3.C8H13F3.2C8H16.C7H7F7.C7H11F3/c1-5-3-6(2)8(10(14,15)16)7(4-5)9(11,12)13;1-4-5(2)8(10(14,15)16)6(3)7(4)9(11,12)13;1-6-3-7(2)5-8(4-6)9(10,11)12;1-6-4-3-5-8(7(6)2)9(10,11)12;1-5-3-6(2)7(4-5)8(9,10)11;1-6-4-5-7(2)8(6)3;1-7-3-5-8(2)6-4-7;1-3-5(9,10)4(2,8)7(13,14)6(3,11)12;1-3-5(8)4(2)7(10)6(3)9/h5-8H,3-4H2,1-2H3;4-8H,1-3H3;2*6-8H,3-5H2,1-2H3;5-7H,3-4H2,1-2H3;6-8H,4-5H2,1-3H3;7-8H,3-6H2,1-2H3;3H,1-2H3;3-7H,1-2H3/t5-,6?,7?,8?;4-,5?,6?,7?,8?;6-,7?,8?;6?,7-,8?;5-,6?,7?;;;3-,4?;3-,4?,5?,6?,7?/m01010..00/s1. The third kappa shape index (κ3) is 28.1. The second-order valence-electron chi connectivity index (χ2n) is 34.6. The van der Waals surface area contributed by atoms with E-state index in [9.17, 15) is 136 Å². The highest BCUT2D eigenvalue weighted by Crippen LogP contribution is 2.65. The molecule has 0 nitrogen and oxygen atoms in total. The lowest BCUT2D eigenvalue weighted by Crippen LogP contribution is -2.52. The minimum absolute atomic E-state index is 0.176. The van der Waals surface area contributed by atoms with Gasteiger partial charge < -0.3 is 0 Å². The molecule has 31 heteroatoms. The van der Waals surface area contributed by atoms with Crippen molar-refractivity contribution in [2.75, 3.05) is 0 Å². The van der Waals surface area contributed by atoms with Crippen molar-refractivity contribution in [1.82, 2.24) is 0 Å². The highest BCUT2D eigenvalue weighted by molar-refractivity contribution is 5.19. The Morgan fingerprint density at radius 3 is 0.794 bits per heavy atom. The Kier molecular flexibility index (Phi) is 37.9. The van der Waals surface area contributed by atoms with Crippen LogP contribution in [0.3, 0.4) is 0 Å². The summed E-state index contributed by atoms with van der Waals surface area (Å²) in [5, 5.41) is 0. The van der Waals surface area contributed by atoms with Gasteiger partial charge in [0.25, 0.3) is 5.92 Å². The molecule has 0 heterocycles. The fraction of sp³-hybridized carbons (Fsp3) is 1.00. The van der Waals surface area contributed by atoms with Crippen LogP contribution in [0, 0.1) is 154 Å². The molecule has 0 aliphatic heterocycles. The fourth-order valence-electron chi connectivity index (χ4n) is 17.9. The van der Waals surface area contributed by atoms with Crippen LogP contribution in [0.2, 0.25) is 0 Å². The molecule has 0 saturated heterocycles. The van der Waals surface area contributed by atoms with Crippen molar-refractivity contribution < 1.29 is 136 Å². The molecule has 9 aliphatic carbocycles. The van der Waals surface area contributed by atoms with Crippen LogP contribution in [0.4, 0.5) is 136 Å². The van der Waals surface area contributed by atoms with Gasteiger partial charge in [-0.3, -0.25) is 0 Å². The Labute approximate surface area is 614 Å². The lowest BCUT2D eigenvalue weighted by atomic mass is 9.68. The lowest BCUT2D eigenvalue weighted by Gasteiger charge is -2.41. The molecule has 0 N–H and O–H groups in total. The topological polar surface area (TPSA) is 0 Å². The van der Waals surface area contributed by atoms with E-state index in [1.807, 2.05) is 27.7 Å². The molecular formula is C76H121F31. The first-order valence-corrected chi connectivity index (χ1v) is 37.9. The van der Waals surface area contributed by atoms with Gasteiger partial charge >= 0.3 is 55.1 Å². The Balaban J connectivity index is 0.000000607. The van der Waals surface area contributed by atoms with Gasteiger partial charge in [0.15, 0.2) is 0 Å². The molecule has 20 unspecified atom stereocenters. The summed E-state index contributed by atoms with van der Waals surface area (Å²) in [4.78, 5) is 0. The van der Waals surface area contributed by atoms with Crippen LogP contribution < -0.4 is 0 Å². The van der Waals surface area contributed by atoms with Crippen molar-refractivity contribution in [1.29, 1.82) is 0 Å². The zero-order chi connectivity index (χ0) is 84.6. The highest BCUT2D eigenvalue weighted by Gasteiger charge is 2.88. The van der Waals surface area contributed by atoms with E-state index in [0.29, 0.717) is 25.7 Å². The van der Waals surface area contributed by atoms with Crippen LogP contribution in [0.25, 0.3) is 0 Å². The second kappa shape index (κ2) is 39.4. The van der Waals surface area contributed by atoms with Crippen molar-refractivity contribution in [3.8, 4) is 0 Å². The van der Waals surface area contributed by atoms with Gasteiger partial charge in [-0.15, -0.1) is 0 Å². The van der Waals surface area contributed by atoms with Gasteiger partial charge in [0.1, 0.15) is 18.5 Å². The molecule has 0 amide bonds. The molecule has 642 valence electrons. The monoisotopic (exact) mass is 1620 g/mol. The molecule has 9 rings (SSSR count). The van der Waals surface area contributed by atoms with Crippen LogP contribution >= 0.6 is 0 Å². The maximum atomic E-state index is 12.9. The van der Waals surface area contributed by atoms with Crippen molar-refractivity contribution in [2.45, 2.75) is 326 Å². The fourth-order valence-corrected chi connectivity index (χ4v) is 17.9. The van der Waals surface area contributed by atoms with Gasteiger partial charge in [0, 0.05) is 11.8 Å². The van der Waals surface area contributed by atoms with Crippen molar-refractivity contribution in [3.05, 3.63) is 0 Å². The number of halogens is 31. The molecule has 0 aromatic heterocycles. The highest BCUT2D eigenvalue weighted by atomic mass is 19.4. The summed E-state index contributed by atoms with van der Waals surface area (Å²) in [6.07, 6.45) is -21.8. The summed E-state index contributed by atoms with van der Waals surface area (Å²) in [5.41, 5.74) is -4.52. The van der Waals surface area contributed by atoms with Gasteiger partial charge in [-0.05, 0) is 153 Å². The van der Waals surface area contributed by atoms with Crippen molar-refractivity contribution >= 4 is 0 Å². The molecule has 9 aliphatic rings. The van der Waals surface area contributed by atoms with Crippen LogP contribution in [-0.4, -0.2) is 85.2 Å². The molecule has 0 aromatic rings. The minimum atomic E-state index is -5.36. The van der Waals surface area contributed by atoms with Gasteiger partial charge in [-0.1, -0.05) is 183 Å². The Morgan fingerprint density at radius 1 is 0.243 bits per heavy atom. The third-order valence-corrected chi connectivity index (χ3v) is 25.6. The first-order valence-electron chi connectivity index (χ1n) is 37.9. The molecule has 0 radical (unpaired) electrons. The van der Waals surface area contributed by atoms with E-state index in [-0.39, 0.29) is 61.7 Å². The largest absolute Gasteiger partial charge is 0.392 e. The van der Waals surface area contributed by atoms with E-state index < -0.39 is 174 Å². The van der Waals surface area contributed by atoms with E-state index >= 15 is 0 Å². The summed E-state index contributed by atoms with van der Waals surface area (Å²) < 4.78 is 389. The number of hydrogen-bond acceptors (Lipinski definition) is 0. The number of alkyl halides is 31. The quantitative estimate of drug-likeness (QED) is 0.212. The van der Waals surface area contributed by atoms with Gasteiger partial charge in [-0.2, -0.15) is 110 Å². The van der Waals surface area contributed by atoms with Crippen molar-refractivity contribution in [3.63, 3.8) is 0 Å². The van der Waals surface area contributed by atoms with E-state index in [2.05, 4.69) is 34.6 Å². The van der Waals surface area contributed by atoms with Gasteiger partial charge in [-0.25, -0.2) is 26.3 Å². The van der Waals surface area contributed by atoms with E-state index in [0.717, 1.165) is 62.2 Å². The second-order valence-corrected chi connectivity index (χ2v) is 34.6. The smallest absolute Gasteiger partial charge is 0.247 e. The molecular weight excluding hydrogens is 1500 g/mol. The molecule has 0 aromatic carbocycles. The summed E-state index contributed by atoms with van der Waals surface area (Å²) in [6, 6.07) is 0. The summed E-state index contributed by atoms with van der Waals surface area (Å²) in [6.45, 7) is 32.1. The van der Waals surface area contributed by atoms with E-state index in [4.69, 9.17) is 0 Å². The molecule has 9 fully saturated rings. The average molecular weight is 1620 g/mol. The average Bonchev–Trinajstić information content (AvgIpc) is 1.53. The van der Waals surface area contributed by atoms with E-state index in [1.54, 1.807) is 20.8 Å². The van der Waals surface area contributed by atoms with Gasteiger partial charge in [0.2, 0.25) is 5.67 Å². The summed E-state index contributed by atoms with van der Waals surface area (Å²) in [5.74, 6) is -30.1.